The zero-order chi connectivity index (χ0) is 14.8. The van der Waals surface area contributed by atoms with E-state index < -0.39 is 10.0 Å². The SMILES string of the molecule is CC(C)CN1CCN(S(=O)(=O)c2cc(CN)cs2)CC1. The quantitative estimate of drug-likeness (QED) is 0.885. The van der Waals surface area contributed by atoms with Gasteiger partial charge in [-0.2, -0.15) is 4.31 Å². The van der Waals surface area contributed by atoms with Crippen molar-refractivity contribution < 1.29 is 8.42 Å². The van der Waals surface area contributed by atoms with Crippen molar-refractivity contribution in [3.8, 4) is 0 Å². The summed E-state index contributed by atoms with van der Waals surface area (Å²) >= 11 is 1.26. The van der Waals surface area contributed by atoms with Gasteiger partial charge in [-0.3, -0.25) is 0 Å². The van der Waals surface area contributed by atoms with Gasteiger partial charge in [-0.15, -0.1) is 11.3 Å². The van der Waals surface area contributed by atoms with E-state index in [-0.39, 0.29) is 0 Å². The molecule has 0 amide bonds. The van der Waals surface area contributed by atoms with Crippen molar-refractivity contribution in [2.24, 2.45) is 11.7 Å². The topological polar surface area (TPSA) is 66.6 Å². The van der Waals surface area contributed by atoms with E-state index in [0.717, 1.165) is 25.2 Å². The Morgan fingerprint density at radius 1 is 1.30 bits per heavy atom. The smallest absolute Gasteiger partial charge is 0.252 e. The Morgan fingerprint density at radius 2 is 1.95 bits per heavy atom. The molecule has 0 aliphatic carbocycles. The second kappa shape index (κ2) is 6.53. The molecule has 2 N–H and O–H groups in total. The third-order valence-electron chi connectivity index (χ3n) is 3.41. The molecule has 0 radical (unpaired) electrons. The van der Waals surface area contributed by atoms with Crippen molar-refractivity contribution in [1.82, 2.24) is 9.21 Å². The van der Waals surface area contributed by atoms with E-state index in [1.807, 2.05) is 5.38 Å². The lowest BCUT2D eigenvalue weighted by atomic mass is 10.2. The predicted molar refractivity (Wildman–Crippen MR) is 82.2 cm³/mol. The normalized spacial score (nSPS) is 18.8. The average molecular weight is 317 g/mol. The number of hydrogen-bond acceptors (Lipinski definition) is 5. The lowest BCUT2D eigenvalue weighted by Crippen LogP contribution is -2.49. The summed E-state index contributed by atoms with van der Waals surface area (Å²) in [5.74, 6) is 0.613. The highest BCUT2D eigenvalue weighted by molar-refractivity contribution is 7.91. The molecular formula is C13H23N3O2S2. The summed E-state index contributed by atoms with van der Waals surface area (Å²) < 4.78 is 27.1. The molecule has 114 valence electrons. The van der Waals surface area contributed by atoms with Gasteiger partial charge in [-0.1, -0.05) is 13.8 Å². The Morgan fingerprint density at radius 3 is 2.45 bits per heavy atom. The summed E-state index contributed by atoms with van der Waals surface area (Å²) in [6, 6.07) is 1.69. The van der Waals surface area contributed by atoms with Gasteiger partial charge >= 0.3 is 0 Å². The van der Waals surface area contributed by atoms with E-state index in [1.54, 1.807) is 10.4 Å². The minimum absolute atomic E-state index is 0.383. The summed E-state index contributed by atoms with van der Waals surface area (Å²) in [5.41, 5.74) is 6.42. The number of sulfonamides is 1. The van der Waals surface area contributed by atoms with Gasteiger partial charge in [0.05, 0.1) is 0 Å². The maximum atomic E-state index is 12.5. The molecule has 1 saturated heterocycles. The second-order valence-electron chi connectivity index (χ2n) is 5.58. The zero-order valence-electron chi connectivity index (χ0n) is 12.1. The highest BCUT2D eigenvalue weighted by atomic mass is 32.2. The molecule has 5 nitrogen and oxygen atoms in total. The molecule has 7 heteroatoms. The van der Waals surface area contributed by atoms with Crippen LogP contribution in [0.5, 0.6) is 0 Å². The van der Waals surface area contributed by atoms with Gasteiger partial charge in [-0.05, 0) is 22.9 Å². The first kappa shape index (κ1) is 15.9. The van der Waals surface area contributed by atoms with Crippen LogP contribution in [0.25, 0.3) is 0 Å². The number of rotatable bonds is 5. The minimum atomic E-state index is -3.33. The van der Waals surface area contributed by atoms with Gasteiger partial charge in [0.1, 0.15) is 4.21 Å². The zero-order valence-corrected chi connectivity index (χ0v) is 13.7. The second-order valence-corrected chi connectivity index (χ2v) is 8.65. The summed E-state index contributed by atoms with van der Waals surface area (Å²) in [4.78, 5) is 2.33. The molecule has 2 rings (SSSR count). The summed E-state index contributed by atoms with van der Waals surface area (Å²) in [6.07, 6.45) is 0. The summed E-state index contributed by atoms with van der Waals surface area (Å²) in [7, 11) is -3.33. The molecule has 1 aromatic rings. The number of piperazine rings is 1. The number of nitrogens with two attached hydrogens (primary N) is 1. The first-order chi connectivity index (χ1) is 9.43. The monoisotopic (exact) mass is 317 g/mol. The van der Waals surface area contributed by atoms with Crippen LogP contribution >= 0.6 is 11.3 Å². The van der Waals surface area contributed by atoms with Gasteiger partial charge in [0, 0.05) is 39.3 Å². The van der Waals surface area contributed by atoms with Crippen LogP contribution in [0.3, 0.4) is 0 Å². The van der Waals surface area contributed by atoms with Gasteiger partial charge < -0.3 is 10.6 Å². The molecule has 0 bridgehead atoms. The third-order valence-corrected chi connectivity index (χ3v) is 6.78. The van der Waals surface area contributed by atoms with Gasteiger partial charge in [0.2, 0.25) is 0 Å². The molecule has 1 aliphatic rings. The van der Waals surface area contributed by atoms with E-state index in [0.29, 0.717) is 29.8 Å². The highest BCUT2D eigenvalue weighted by Gasteiger charge is 2.29. The van der Waals surface area contributed by atoms with Crippen LogP contribution in [0.4, 0.5) is 0 Å². The number of thiophene rings is 1. The molecule has 0 saturated carbocycles. The van der Waals surface area contributed by atoms with Crippen molar-refractivity contribution in [3.05, 3.63) is 17.0 Å². The average Bonchev–Trinajstić information content (AvgIpc) is 2.88. The van der Waals surface area contributed by atoms with Crippen molar-refractivity contribution in [2.45, 2.75) is 24.6 Å². The Kier molecular flexibility index (Phi) is 5.19. The molecule has 0 spiro atoms. The number of hydrogen-bond donors (Lipinski definition) is 1. The molecular weight excluding hydrogens is 294 g/mol. The van der Waals surface area contributed by atoms with Crippen molar-refractivity contribution in [3.63, 3.8) is 0 Å². The summed E-state index contributed by atoms with van der Waals surface area (Å²) in [6.45, 7) is 8.56. The number of nitrogens with zero attached hydrogens (tertiary/aromatic N) is 2. The third kappa shape index (κ3) is 3.59. The molecule has 20 heavy (non-hydrogen) atoms. The Labute approximate surface area is 125 Å². The Balaban J connectivity index is 2.02. The van der Waals surface area contributed by atoms with E-state index in [2.05, 4.69) is 18.7 Å². The van der Waals surface area contributed by atoms with Crippen molar-refractivity contribution in [1.29, 1.82) is 0 Å². The van der Waals surface area contributed by atoms with Crippen LogP contribution in [-0.2, 0) is 16.6 Å². The Bertz CT molecular complexity index is 532. The van der Waals surface area contributed by atoms with Crippen LogP contribution in [0.2, 0.25) is 0 Å². The molecule has 1 aromatic heterocycles. The first-order valence-electron chi connectivity index (χ1n) is 6.93. The van der Waals surface area contributed by atoms with Crippen molar-refractivity contribution >= 4 is 21.4 Å². The summed E-state index contributed by atoms with van der Waals surface area (Å²) in [5, 5.41) is 1.82. The van der Waals surface area contributed by atoms with E-state index in [4.69, 9.17) is 5.73 Å². The predicted octanol–water partition coefficient (Wildman–Crippen LogP) is 1.17. The largest absolute Gasteiger partial charge is 0.326 e. The molecule has 0 atom stereocenters. The fraction of sp³-hybridized carbons (Fsp3) is 0.692. The fourth-order valence-electron chi connectivity index (χ4n) is 2.39. The van der Waals surface area contributed by atoms with E-state index >= 15 is 0 Å². The minimum Gasteiger partial charge on any atom is -0.326 e. The van der Waals surface area contributed by atoms with Gasteiger partial charge in [-0.25, -0.2) is 8.42 Å². The lowest BCUT2D eigenvalue weighted by molar-refractivity contribution is 0.172. The maximum Gasteiger partial charge on any atom is 0.252 e. The maximum absolute atomic E-state index is 12.5. The molecule has 1 aliphatic heterocycles. The van der Waals surface area contributed by atoms with Crippen LogP contribution < -0.4 is 5.73 Å². The van der Waals surface area contributed by atoms with Crippen LogP contribution in [0, 0.1) is 5.92 Å². The van der Waals surface area contributed by atoms with Gasteiger partial charge in [0.25, 0.3) is 10.0 Å². The van der Waals surface area contributed by atoms with E-state index in [9.17, 15) is 8.42 Å². The fourth-order valence-corrected chi connectivity index (χ4v) is 5.19. The van der Waals surface area contributed by atoms with Crippen LogP contribution in [-0.4, -0.2) is 50.3 Å². The van der Waals surface area contributed by atoms with Crippen molar-refractivity contribution in [2.75, 3.05) is 32.7 Å². The van der Waals surface area contributed by atoms with E-state index in [1.165, 1.54) is 11.3 Å². The Hall–Kier alpha value is -0.470. The lowest BCUT2D eigenvalue weighted by Gasteiger charge is -2.34. The molecule has 0 unspecified atom stereocenters. The standard InChI is InChI=1S/C13H23N3O2S2/c1-11(2)9-15-3-5-16(6-4-15)20(17,18)13-7-12(8-14)10-19-13/h7,10-11H,3-6,8-9,14H2,1-2H3. The van der Waals surface area contributed by atoms with Gasteiger partial charge in [0.15, 0.2) is 0 Å². The molecule has 2 heterocycles. The van der Waals surface area contributed by atoms with Crippen LogP contribution in [0.15, 0.2) is 15.7 Å². The van der Waals surface area contributed by atoms with Crippen LogP contribution in [0.1, 0.15) is 19.4 Å². The molecule has 0 aromatic carbocycles. The highest BCUT2D eigenvalue weighted by Crippen LogP contribution is 2.24. The molecule has 1 fully saturated rings. The first-order valence-corrected chi connectivity index (χ1v) is 9.25.